The molecule has 1 aliphatic rings. The fraction of sp³-hybridized carbons (Fsp3) is 0.560. The quantitative estimate of drug-likeness (QED) is 0.263. The van der Waals surface area contributed by atoms with E-state index in [9.17, 15) is 13.0 Å². The van der Waals surface area contributed by atoms with Crippen molar-refractivity contribution in [2.75, 3.05) is 0 Å². The minimum atomic E-state index is -4.22. The summed E-state index contributed by atoms with van der Waals surface area (Å²) in [4.78, 5) is 0. The Balaban J connectivity index is 1.91. The van der Waals surface area contributed by atoms with Gasteiger partial charge in [-0.2, -0.15) is 13.0 Å². The molecule has 4 nitrogen and oxygen atoms in total. The van der Waals surface area contributed by atoms with Crippen LogP contribution < -0.4 is 0 Å². The van der Waals surface area contributed by atoms with E-state index < -0.39 is 15.5 Å². The molecule has 3 rings (SSSR count). The van der Waals surface area contributed by atoms with Crippen LogP contribution in [0.25, 0.3) is 10.8 Å². The van der Waals surface area contributed by atoms with E-state index in [1.165, 1.54) is 25.7 Å². The largest absolute Gasteiger partial charge is 0.329 e. The number of fused-ring (bicyclic) bond motifs is 3. The lowest BCUT2D eigenvalue weighted by atomic mass is 9.80. The zero-order valence-electron chi connectivity index (χ0n) is 18.8. The predicted octanol–water partition coefficient (Wildman–Crippen LogP) is 6.59. The monoisotopic (exact) mass is 430 g/mol. The molecule has 0 bridgehead atoms. The van der Waals surface area contributed by atoms with Gasteiger partial charge in [0.1, 0.15) is 0 Å². The molecule has 0 aliphatic carbocycles. The average Bonchev–Trinajstić information content (AvgIpc) is 2.89. The van der Waals surface area contributed by atoms with Gasteiger partial charge < -0.3 is 0 Å². The van der Waals surface area contributed by atoms with Crippen molar-refractivity contribution in [3.8, 4) is 0 Å². The van der Waals surface area contributed by atoms with E-state index in [2.05, 4.69) is 32.9 Å². The molecule has 0 saturated carbocycles. The molecule has 164 valence electrons. The Kier molecular flexibility index (Phi) is 7.03. The lowest BCUT2D eigenvalue weighted by Crippen LogP contribution is -2.35. The Hall–Kier alpha value is -1.72. The van der Waals surface area contributed by atoms with Crippen molar-refractivity contribution in [2.24, 2.45) is 0 Å². The van der Waals surface area contributed by atoms with Gasteiger partial charge in [-0.3, -0.25) is 4.55 Å². The van der Waals surface area contributed by atoms with Crippen LogP contribution in [0.4, 0.5) is 5.69 Å². The third kappa shape index (κ3) is 4.47. The topological polar surface area (TPSA) is 57.4 Å². The molecule has 5 heteroatoms. The summed E-state index contributed by atoms with van der Waals surface area (Å²) in [5.41, 5.74) is 2.71. The molecular formula is C25H36NO3S+. The van der Waals surface area contributed by atoms with Gasteiger partial charge in [-0.25, -0.2) is 0 Å². The van der Waals surface area contributed by atoms with Crippen molar-refractivity contribution in [2.45, 2.75) is 89.9 Å². The Morgan fingerprint density at radius 1 is 0.967 bits per heavy atom. The molecule has 1 aliphatic heterocycles. The molecule has 30 heavy (non-hydrogen) atoms. The van der Waals surface area contributed by atoms with Crippen LogP contribution in [0.15, 0.2) is 36.4 Å². The summed E-state index contributed by atoms with van der Waals surface area (Å²) >= 11 is 0. The maximum atomic E-state index is 12.5. The van der Waals surface area contributed by atoms with Gasteiger partial charge in [0.05, 0.1) is 5.41 Å². The van der Waals surface area contributed by atoms with E-state index in [4.69, 9.17) is 0 Å². The zero-order chi connectivity index (χ0) is 21.9. The first-order valence-corrected chi connectivity index (χ1v) is 12.8. The fourth-order valence-electron chi connectivity index (χ4n) is 4.84. The molecule has 0 spiro atoms. The van der Waals surface area contributed by atoms with Crippen LogP contribution in [0.5, 0.6) is 0 Å². The Bertz CT molecular complexity index is 1040. The Morgan fingerprint density at radius 3 is 2.27 bits per heavy atom. The molecule has 0 saturated heterocycles. The average molecular weight is 431 g/mol. The SMILES string of the molecule is CCCCCCCCCC([N+]1=C(C)C(C)(C)c2c1ccc1ccccc21)S(=O)(=O)O. The van der Waals surface area contributed by atoms with Crippen molar-refractivity contribution in [3.63, 3.8) is 0 Å². The van der Waals surface area contributed by atoms with E-state index in [1.54, 1.807) is 0 Å². The molecule has 1 atom stereocenters. The second-order valence-corrected chi connectivity index (χ2v) is 10.7. The smallest absolute Gasteiger partial charge is 0.280 e. The second-order valence-electron chi connectivity index (χ2n) is 9.14. The Morgan fingerprint density at radius 2 is 1.60 bits per heavy atom. The van der Waals surface area contributed by atoms with E-state index in [0.29, 0.717) is 6.42 Å². The van der Waals surface area contributed by atoms with Gasteiger partial charge in [-0.1, -0.05) is 69.7 Å². The standard InChI is InChI=1S/C25H35NO3S/c1-5-6-7-8-9-10-11-16-23(30(27,28)29)26-19(2)25(3,4)24-21-15-13-12-14-20(21)17-18-22(24)26/h12-15,17-18,23H,5-11,16H2,1-4H3/p+1. The van der Waals surface area contributed by atoms with Crippen LogP contribution in [0, 0.1) is 0 Å². The number of unbranched alkanes of at least 4 members (excludes halogenated alkanes) is 6. The maximum absolute atomic E-state index is 12.5. The van der Waals surface area contributed by atoms with Crippen LogP contribution in [0.1, 0.15) is 84.6 Å². The third-order valence-electron chi connectivity index (χ3n) is 6.74. The molecule has 2 aromatic carbocycles. The van der Waals surface area contributed by atoms with E-state index in [1.807, 2.05) is 35.8 Å². The number of hydrogen-bond donors (Lipinski definition) is 1. The molecule has 1 heterocycles. The van der Waals surface area contributed by atoms with Gasteiger partial charge in [-0.05, 0) is 37.1 Å². The van der Waals surface area contributed by atoms with Gasteiger partial charge in [0.15, 0.2) is 5.71 Å². The summed E-state index contributed by atoms with van der Waals surface area (Å²) in [7, 11) is -4.22. The van der Waals surface area contributed by atoms with Crippen LogP contribution in [0.2, 0.25) is 0 Å². The third-order valence-corrected chi connectivity index (χ3v) is 7.88. The molecule has 0 amide bonds. The lowest BCUT2D eigenvalue weighted by Gasteiger charge is -2.17. The molecule has 1 unspecified atom stereocenters. The number of rotatable bonds is 10. The minimum absolute atomic E-state index is 0.306. The van der Waals surface area contributed by atoms with E-state index in [0.717, 1.165) is 47.0 Å². The van der Waals surface area contributed by atoms with E-state index >= 15 is 0 Å². The van der Waals surface area contributed by atoms with Gasteiger partial charge in [0.2, 0.25) is 5.69 Å². The van der Waals surface area contributed by atoms with Crippen LogP contribution in [0.3, 0.4) is 0 Å². The molecule has 0 aromatic heterocycles. The number of benzene rings is 2. The normalized spacial score (nSPS) is 16.8. The first-order chi connectivity index (χ1) is 14.2. The van der Waals surface area contributed by atoms with E-state index in [-0.39, 0.29) is 5.41 Å². The Labute approximate surface area is 181 Å². The molecule has 0 fully saturated rings. The highest BCUT2D eigenvalue weighted by molar-refractivity contribution is 7.86. The minimum Gasteiger partial charge on any atom is -0.280 e. The van der Waals surface area contributed by atoms with Gasteiger partial charge in [-0.15, -0.1) is 0 Å². The molecular weight excluding hydrogens is 394 g/mol. The first kappa shape index (κ1) is 23.0. The van der Waals surface area contributed by atoms with Crippen molar-refractivity contribution in [1.82, 2.24) is 0 Å². The van der Waals surface area contributed by atoms with Gasteiger partial charge >= 0.3 is 10.1 Å². The van der Waals surface area contributed by atoms with Crippen molar-refractivity contribution < 1.29 is 17.5 Å². The highest BCUT2D eigenvalue weighted by Crippen LogP contribution is 2.45. The van der Waals surface area contributed by atoms with Crippen LogP contribution >= 0.6 is 0 Å². The highest BCUT2D eigenvalue weighted by Gasteiger charge is 2.49. The summed E-state index contributed by atoms with van der Waals surface area (Å²) in [5, 5.41) is 1.36. The maximum Gasteiger partial charge on any atom is 0.329 e. The summed E-state index contributed by atoms with van der Waals surface area (Å²) in [6, 6.07) is 12.3. The molecule has 1 N–H and O–H groups in total. The predicted molar refractivity (Wildman–Crippen MR) is 126 cm³/mol. The highest BCUT2D eigenvalue weighted by atomic mass is 32.2. The zero-order valence-corrected chi connectivity index (χ0v) is 19.6. The summed E-state index contributed by atoms with van der Waals surface area (Å²) in [6.45, 7) is 8.48. The summed E-state index contributed by atoms with van der Waals surface area (Å²) in [5.74, 6) is 0. The van der Waals surface area contributed by atoms with Gasteiger partial charge in [0.25, 0.3) is 5.37 Å². The fourth-order valence-corrected chi connectivity index (χ4v) is 5.84. The first-order valence-electron chi connectivity index (χ1n) is 11.3. The molecule has 0 radical (unpaired) electrons. The number of nitrogens with zero attached hydrogens (tertiary/aromatic N) is 1. The van der Waals surface area contributed by atoms with Crippen LogP contribution in [-0.2, 0) is 15.5 Å². The van der Waals surface area contributed by atoms with Gasteiger partial charge in [0, 0.05) is 25.0 Å². The van der Waals surface area contributed by atoms with Crippen LogP contribution in [-0.4, -0.2) is 28.6 Å². The lowest BCUT2D eigenvalue weighted by molar-refractivity contribution is -0.459. The van der Waals surface area contributed by atoms with Crippen molar-refractivity contribution >= 4 is 32.3 Å². The second kappa shape index (κ2) is 9.19. The van der Waals surface area contributed by atoms with Crippen molar-refractivity contribution in [3.05, 3.63) is 42.0 Å². The number of hydrogen-bond acceptors (Lipinski definition) is 2. The van der Waals surface area contributed by atoms with Crippen molar-refractivity contribution in [1.29, 1.82) is 0 Å². The summed E-state index contributed by atoms with van der Waals surface area (Å²) in [6.07, 6.45) is 8.27. The summed E-state index contributed by atoms with van der Waals surface area (Å²) < 4.78 is 36.9. The molecule has 2 aromatic rings.